The van der Waals surface area contributed by atoms with Crippen LogP contribution in [0.25, 0.3) is 11.0 Å². The third-order valence-corrected chi connectivity index (χ3v) is 5.34. The molecule has 0 saturated carbocycles. The van der Waals surface area contributed by atoms with Crippen molar-refractivity contribution in [2.24, 2.45) is 5.41 Å². The van der Waals surface area contributed by atoms with Gasteiger partial charge in [-0.25, -0.2) is 4.98 Å². The van der Waals surface area contributed by atoms with Crippen LogP contribution in [0.4, 0.5) is 0 Å². The van der Waals surface area contributed by atoms with Gasteiger partial charge in [0.25, 0.3) is 0 Å². The van der Waals surface area contributed by atoms with Crippen LogP contribution in [0.3, 0.4) is 0 Å². The molecule has 28 heavy (non-hydrogen) atoms. The minimum atomic E-state index is -0.400. The first-order chi connectivity index (χ1) is 13.3. The maximum absolute atomic E-state index is 12.4. The van der Waals surface area contributed by atoms with E-state index in [1.165, 1.54) is 44.9 Å². The Morgan fingerprint density at radius 1 is 1.04 bits per heavy atom. The summed E-state index contributed by atoms with van der Waals surface area (Å²) in [6, 6.07) is 8.18. The van der Waals surface area contributed by atoms with Crippen LogP contribution in [0.15, 0.2) is 24.3 Å². The average molecular weight is 386 g/mol. The van der Waals surface area contributed by atoms with E-state index in [-0.39, 0.29) is 11.9 Å². The fraction of sp³-hybridized carbons (Fsp3) is 0.667. The summed E-state index contributed by atoms with van der Waals surface area (Å²) in [5.41, 5.74) is 1.77. The van der Waals surface area contributed by atoms with Gasteiger partial charge in [0.05, 0.1) is 17.1 Å². The zero-order chi connectivity index (χ0) is 20.6. The number of hydrogen-bond acceptors (Lipinski definition) is 2. The van der Waals surface area contributed by atoms with Crippen LogP contribution in [0.5, 0.6) is 0 Å². The van der Waals surface area contributed by atoms with Gasteiger partial charge in [-0.15, -0.1) is 0 Å². The standard InChI is InChI=1S/C24H39N3O/c1-6-7-8-9-10-11-12-15-18-27-21-17-14-13-16-20(21)26-22(27)19(2)25-23(28)24(3,4)5/h13-14,16-17,19H,6-12,15,18H2,1-5H3,(H,25,28). The fourth-order valence-electron chi connectivity index (χ4n) is 3.54. The number of nitrogens with zero attached hydrogens (tertiary/aromatic N) is 2. The van der Waals surface area contributed by atoms with Crippen molar-refractivity contribution >= 4 is 16.9 Å². The Bertz CT molecular complexity index is 742. The molecule has 4 nitrogen and oxygen atoms in total. The van der Waals surface area contributed by atoms with Gasteiger partial charge in [0, 0.05) is 12.0 Å². The summed E-state index contributed by atoms with van der Waals surface area (Å²) in [7, 11) is 0. The van der Waals surface area contributed by atoms with Crippen LogP contribution >= 0.6 is 0 Å². The molecule has 0 saturated heterocycles. The summed E-state index contributed by atoms with van der Waals surface area (Å²) in [4.78, 5) is 17.3. The largest absolute Gasteiger partial charge is 0.346 e. The third kappa shape index (κ3) is 6.35. The Morgan fingerprint density at radius 2 is 1.64 bits per heavy atom. The quantitative estimate of drug-likeness (QED) is 0.455. The molecular formula is C24H39N3O. The molecule has 0 radical (unpaired) electrons. The Balaban J connectivity index is 2.01. The molecule has 1 heterocycles. The summed E-state index contributed by atoms with van der Waals surface area (Å²) in [6.07, 6.45) is 10.5. The van der Waals surface area contributed by atoms with Crippen LogP contribution in [0.2, 0.25) is 0 Å². The highest BCUT2D eigenvalue weighted by Gasteiger charge is 2.25. The highest BCUT2D eigenvalue weighted by molar-refractivity contribution is 5.82. The van der Waals surface area contributed by atoms with Crippen molar-refractivity contribution in [3.05, 3.63) is 30.1 Å². The van der Waals surface area contributed by atoms with Crippen LogP contribution < -0.4 is 5.32 Å². The number of nitrogens with one attached hydrogen (secondary N) is 1. The highest BCUT2D eigenvalue weighted by Crippen LogP contribution is 2.23. The molecular weight excluding hydrogens is 346 g/mol. The van der Waals surface area contributed by atoms with Gasteiger partial charge in [0.15, 0.2) is 0 Å². The smallest absolute Gasteiger partial charge is 0.225 e. The molecule has 2 aromatic rings. The van der Waals surface area contributed by atoms with E-state index in [1.807, 2.05) is 33.8 Å². The molecule has 0 bridgehead atoms. The number of aryl methyl sites for hydroxylation is 1. The molecule has 1 atom stereocenters. The Kier molecular flexibility index (Phi) is 8.53. The first kappa shape index (κ1) is 22.4. The van der Waals surface area contributed by atoms with Crippen LogP contribution in [-0.4, -0.2) is 15.5 Å². The van der Waals surface area contributed by atoms with Crippen LogP contribution in [-0.2, 0) is 11.3 Å². The molecule has 1 aromatic heterocycles. The van der Waals surface area contributed by atoms with Crippen molar-refractivity contribution in [2.45, 2.75) is 98.6 Å². The first-order valence-corrected chi connectivity index (χ1v) is 11.1. The number of unbranched alkanes of at least 4 members (excludes halogenated alkanes) is 7. The number of para-hydroxylation sites is 2. The summed E-state index contributed by atoms with van der Waals surface area (Å²) < 4.78 is 2.31. The first-order valence-electron chi connectivity index (χ1n) is 11.1. The maximum atomic E-state index is 12.4. The lowest BCUT2D eigenvalue weighted by atomic mass is 9.95. The van der Waals surface area contributed by atoms with E-state index in [0.29, 0.717) is 0 Å². The van der Waals surface area contributed by atoms with Gasteiger partial charge in [-0.1, -0.05) is 84.8 Å². The number of rotatable bonds is 11. The average Bonchev–Trinajstić information content (AvgIpc) is 3.02. The predicted octanol–water partition coefficient (Wildman–Crippen LogP) is 6.40. The van der Waals surface area contributed by atoms with Gasteiger partial charge < -0.3 is 9.88 Å². The van der Waals surface area contributed by atoms with Crippen molar-refractivity contribution in [2.75, 3.05) is 0 Å². The van der Waals surface area contributed by atoms with E-state index in [2.05, 4.69) is 35.0 Å². The maximum Gasteiger partial charge on any atom is 0.225 e. The van der Waals surface area contributed by atoms with Gasteiger partial charge in [-0.05, 0) is 25.5 Å². The lowest BCUT2D eigenvalue weighted by Gasteiger charge is -2.22. The van der Waals surface area contributed by atoms with Crippen LogP contribution in [0, 0.1) is 5.41 Å². The van der Waals surface area contributed by atoms with Crippen molar-refractivity contribution in [3.8, 4) is 0 Å². The second-order valence-corrected chi connectivity index (χ2v) is 9.03. The van der Waals surface area contributed by atoms with E-state index in [9.17, 15) is 4.79 Å². The number of carbonyl (C=O) groups is 1. The number of amides is 1. The molecule has 1 unspecified atom stereocenters. The molecule has 4 heteroatoms. The number of aromatic nitrogens is 2. The van der Waals surface area contributed by atoms with Crippen molar-refractivity contribution in [1.82, 2.24) is 14.9 Å². The molecule has 156 valence electrons. The number of imidazole rings is 1. The molecule has 0 spiro atoms. The topological polar surface area (TPSA) is 46.9 Å². The zero-order valence-electron chi connectivity index (χ0n) is 18.6. The molecule has 0 aliphatic carbocycles. The number of benzene rings is 1. The molecule has 0 aliphatic rings. The lowest BCUT2D eigenvalue weighted by Crippen LogP contribution is -2.37. The summed E-state index contributed by atoms with van der Waals surface area (Å²) >= 11 is 0. The van der Waals surface area contributed by atoms with E-state index >= 15 is 0 Å². The van der Waals surface area contributed by atoms with Gasteiger partial charge in [-0.2, -0.15) is 0 Å². The molecule has 0 fully saturated rings. The molecule has 1 amide bonds. The summed E-state index contributed by atoms with van der Waals surface area (Å²) in [5, 5.41) is 3.15. The van der Waals surface area contributed by atoms with E-state index in [4.69, 9.17) is 4.98 Å². The van der Waals surface area contributed by atoms with Crippen LogP contribution in [0.1, 0.15) is 97.9 Å². The second kappa shape index (κ2) is 10.6. The number of carbonyl (C=O) groups excluding carboxylic acids is 1. The number of hydrogen-bond donors (Lipinski definition) is 1. The van der Waals surface area contributed by atoms with Crippen molar-refractivity contribution < 1.29 is 4.79 Å². The zero-order valence-corrected chi connectivity index (χ0v) is 18.6. The van der Waals surface area contributed by atoms with Gasteiger partial charge in [0.2, 0.25) is 5.91 Å². The highest BCUT2D eigenvalue weighted by atomic mass is 16.2. The SMILES string of the molecule is CCCCCCCCCCn1c(C(C)NC(=O)C(C)(C)C)nc2ccccc21. The predicted molar refractivity (Wildman–Crippen MR) is 118 cm³/mol. The third-order valence-electron chi connectivity index (χ3n) is 5.34. The molecule has 2 rings (SSSR count). The van der Waals surface area contributed by atoms with Crippen molar-refractivity contribution in [1.29, 1.82) is 0 Å². The second-order valence-electron chi connectivity index (χ2n) is 9.03. The van der Waals surface area contributed by atoms with Gasteiger partial charge in [-0.3, -0.25) is 4.79 Å². The monoisotopic (exact) mass is 385 g/mol. The summed E-state index contributed by atoms with van der Waals surface area (Å²) in [6.45, 7) is 11.1. The lowest BCUT2D eigenvalue weighted by molar-refractivity contribution is -0.129. The van der Waals surface area contributed by atoms with Gasteiger partial charge >= 0.3 is 0 Å². The minimum Gasteiger partial charge on any atom is -0.346 e. The van der Waals surface area contributed by atoms with Gasteiger partial charge in [0.1, 0.15) is 5.82 Å². The Morgan fingerprint density at radius 3 is 2.29 bits per heavy atom. The normalized spacial score (nSPS) is 13.0. The Labute approximate surface area is 171 Å². The summed E-state index contributed by atoms with van der Waals surface area (Å²) in [5.74, 6) is 1.02. The van der Waals surface area contributed by atoms with E-state index in [1.54, 1.807) is 0 Å². The number of fused-ring (bicyclic) bond motifs is 1. The van der Waals surface area contributed by atoms with E-state index < -0.39 is 5.41 Å². The van der Waals surface area contributed by atoms with Crippen molar-refractivity contribution in [3.63, 3.8) is 0 Å². The minimum absolute atomic E-state index is 0.0608. The Hall–Kier alpha value is -1.84. The molecule has 1 N–H and O–H groups in total. The molecule has 1 aromatic carbocycles. The fourth-order valence-corrected chi connectivity index (χ4v) is 3.54. The van der Waals surface area contributed by atoms with E-state index in [0.717, 1.165) is 29.8 Å². The molecule has 0 aliphatic heterocycles.